The quantitative estimate of drug-likeness (QED) is 0.102. The highest BCUT2D eigenvalue weighted by molar-refractivity contribution is 6.12. The number of fused-ring (bicyclic) bond motifs is 3. The molecule has 1 aliphatic carbocycles. The fourth-order valence-electron chi connectivity index (χ4n) is 8.77. The van der Waals surface area contributed by atoms with Gasteiger partial charge in [-0.05, 0) is 87.0 Å². The van der Waals surface area contributed by atoms with Gasteiger partial charge in [-0.2, -0.15) is 0 Å². The molecule has 0 amide bonds. The van der Waals surface area contributed by atoms with E-state index >= 15 is 0 Å². The molecule has 2 aromatic heterocycles. The second-order valence-corrected chi connectivity index (χ2v) is 15.8. The van der Waals surface area contributed by atoms with Crippen LogP contribution in [0.1, 0.15) is 23.5 Å². The molecule has 6 heteroatoms. The van der Waals surface area contributed by atoms with Crippen LogP contribution in [0.15, 0.2) is 213 Å². The number of hydrogen-bond donors (Lipinski definition) is 0. The van der Waals surface area contributed by atoms with Crippen LogP contribution in [-0.2, 0) is 0 Å². The highest BCUT2D eigenvalue weighted by Gasteiger charge is 2.26. The Bertz CT molecular complexity index is 3420. The van der Waals surface area contributed by atoms with E-state index in [0.717, 1.165) is 89.6 Å². The summed E-state index contributed by atoms with van der Waals surface area (Å²) < 4.78 is 2.32. The maximum atomic E-state index is 7.86. The molecule has 1 aliphatic rings. The van der Waals surface area contributed by atoms with E-state index in [1.54, 1.807) is 6.08 Å². The molecule has 0 saturated heterocycles. The number of benzene rings is 7. The lowest BCUT2D eigenvalue weighted by Crippen LogP contribution is -2.08. The minimum absolute atomic E-state index is 0.0106. The molecule has 7 aromatic carbocycles. The van der Waals surface area contributed by atoms with Gasteiger partial charge in [0.2, 0.25) is 0 Å². The minimum Gasteiger partial charge on any atom is -0.309 e. The Morgan fingerprint density at radius 1 is 0.569 bits per heavy atom. The molecule has 6 nitrogen and oxygen atoms in total. The highest BCUT2D eigenvalue weighted by Crippen LogP contribution is 2.45. The van der Waals surface area contributed by atoms with Crippen molar-refractivity contribution >= 4 is 38.8 Å². The Kier molecular flexibility index (Phi) is 10.8. The molecule has 0 fully saturated rings. The van der Waals surface area contributed by atoms with Crippen LogP contribution in [0.3, 0.4) is 0 Å². The Hall–Kier alpha value is -8.97. The van der Waals surface area contributed by atoms with Crippen LogP contribution in [-0.4, -0.2) is 19.5 Å². The fourth-order valence-corrected chi connectivity index (χ4v) is 8.77. The molecule has 0 radical (unpaired) electrons. The number of nitrogens with zero attached hydrogens (tertiary/aromatic N) is 6. The smallest absolute Gasteiger partial charge is 0.188 e. The summed E-state index contributed by atoms with van der Waals surface area (Å²) in [6.45, 7) is 23.6. The summed E-state index contributed by atoms with van der Waals surface area (Å²) in [5, 5.41) is 1.84. The average molecular weight is 833 g/mol. The molecule has 2 heterocycles. The van der Waals surface area contributed by atoms with Gasteiger partial charge in [-0.15, -0.1) is 0 Å². The number of allylic oxidation sites excluding steroid dienone is 8. The van der Waals surface area contributed by atoms with Crippen LogP contribution >= 0.6 is 0 Å². The third-order valence-electron chi connectivity index (χ3n) is 12.0. The molecule has 65 heavy (non-hydrogen) atoms. The lowest BCUT2D eigenvalue weighted by molar-refractivity contribution is 0.844. The summed E-state index contributed by atoms with van der Waals surface area (Å²) in [4.78, 5) is 23.3. The third-order valence-corrected chi connectivity index (χ3v) is 12.0. The molecule has 1 atom stereocenters. The summed E-state index contributed by atoms with van der Waals surface area (Å²) in [7, 11) is 0. The van der Waals surface area contributed by atoms with Gasteiger partial charge in [-0.1, -0.05) is 177 Å². The zero-order valence-corrected chi connectivity index (χ0v) is 35.4. The van der Waals surface area contributed by atoms with Crippen molar-refractivity contribution in [3.8, 4) is 62.1 Å². The summed E-state index contributed by atoms with van der Waals surface area (Å²) in [5.74, 6) is 1.67. The molecule has 0 aliphatic heterocycles. The van der Waals surface area contributed by atoms with E-state index in [0.29, 0.717) is 28.8 Å². The standard InChI is InChI=1S/C59H40N6/c1-5-16-39(6-2)41-23-27-45(28-24-41)57-62-58(46-29-25-42(26-30-46)40-17-10-7-11-18-40)64-59(63-57)47-35-50(43-19-12-8-13-20-43)56(51(36-47)44-21-14-9-15-22-44)65-54-33-31-48(60-3)37-52(54)53-38-49(61-4)32-34-55(53)65/h5-21,23-38,44H,1-2,22H2/b39-16+. The van der Waals surface area contributed by atoms with Crippen LogP contribution in [0.5, 0.6) is 0 Å². The first-order chi connectivity index (χ1) is 32.0. The van der Waals surface area contributed by atoms with Crippen LogP contribution in [0.2, 0.25) is 0 Å². The number of aromatic nitrogens is 4. The number of hydrogen-bond acceptors (Lipinski definition) is 3. The first kappa shape index (κ1) is 40.1. The predicted molar refractivity (Wildman–Crippen MR) is 268 cm³/mol. The first-order valence-corrected chi connectivity index (χ1v) is 21.4. The normalized spacial score (nSPS) is 13.4. The van der Waals surface area contributed by atoms with Crippen molar-refractivity contribution in [3.63, 3.8) is 0 Å². The van der Waals surface area contributed by atoms with Crippen molar-refractivity contribution in [2.24, 2.45) is 0 Å². The Balaban J connectivity index is 1.24. The molecule has 9 aromatic rings. The minimum atomic E-state index is 0.0106. The van der Waals surface area contributed by atoms with E-state index in [4.69, 9.17) is 28.1 Å². The second-order valence-electron chi connectivity index (χ2n) is 15.8. The van der Waals surface area contributed by atoms with E-state index in [1.807, 2.05) is 84.9 Å². The molecule has 1 unspecified atom stereocenters. The van der Waals surface area contributed by atoms with E-state index in [2.05, 4.69) is 137 Å². The fraction of sp³-hybridized carbons (Fsp3) is 0.0339. The van der Waals surface area contributed by atoms with Gasteiger partial charge in [-0.25, -0.2) is 24.6 Å². The lowest BCUT2D eigenvalue weighted by Gasteiger charge is -2.25. The topological polar surface area (TPSA) is 52.3 Å². The summed E-state index contributed by atoms with van der Waals surface area (Å²) >= 11 is 0. The maximum absolute atomic E-state index is 7.86. The SMILES string of the molecule is [C-]#[N+]c1ccc2c(c1)c1cc([N+]#[C-])ccc1n2-c1c(-c2ccccc2)cc(-c2nc(-c3ccc(/C(C=C)=C/C=C)cc3)nc(-c3ccc(-c4ccccc4)cc3)n2)cc1C1C=CC=CC1. The average Bonchev–Trinajstić information content (AvgIpc) is 3.70. The van der Waals surface area contributed by atoms with Gasteiger partial charge in [0.1, 0.15) is 0 Å². The van der Waals surface area contributed by atoms with Gasteiger partial charge in [0.25, 0.3) is 0 Å². The van der Waals surface area contributed by atoms with Crippen molar-refractivity contribution in [1.29, 1.82) is 0 Å². The summed E-state index contributed by atoms with van der Waals surface area (Å²) in [5.41, 5.74) is 13.9. The number of rotatable bonds is 10. The third kappa shape index (κ3) is 7.67. The Morgan fingerprint density at radius 3 is 1.65 bits per heavy atom. The highest BCUT2D eigenvalue weighted by atomic mass is 15.0. The molecular weight excluding hydrogens is 793 g/mol. The zero-order chi connectivity index (χ0) is 44.3. The van der Waals surface area contributed by atoms with Crippen LogP contribution in [0.4, 0.5) is 11.4 Å². The van der Waals surface area contributed by atoms with Gasteiger partial charge < -0.3 is 4.57 Å². The maximum Gasteiger partial charge on any atom is 0.188 e. The Labute approximate surface area is 378 Å². The molecule has 0 saturated carbocycles. The van der Waals surface area contributed by atoms with Crippen LogP contribution in [0, 0.1) is 13.1 Å². The predicted octanol–water partition coefficient (Wildman–Crippen LogP) is 15.8. The summed E-state index contributed by atoms with van der Waals surface area (Å²) in [6, 6.07) is 53.5. The molecular formula is C59H40N6. The van der Waals surface area contributed by atoms with Crippen LogP contribution < -0.4 is 0 Å². The largest absolute Gasteiger partial charge is 0.309 e. The monoisotopic (exact) mass is 832 g/mol. The van der Waals surface area contributed by atoms with E-state index < -0.39 is 0 Å². The van der Waals surface area contributed by atoms with Crippen molar-refractivity contribution in [2.75, 3.05) is 0 Å². The van der Waals surface area contributed by atoms with Crippen molar-refractivity contribution in [1.82, 2.24) is 19.5 Å². The zero-order valence-electron chi connectivity index (χ0n) is 35.4. The molecule has 0 bridgehead atoms. The molecule has 0 N–H and O–H groups in total. The van der Waals surface area contributed by atoms with Crippen molar-refractivity contribution in [3.05, 3.63) is 247 Å². The van der Waals surface area contributed by atoms with Gasteiger partial charge in [-0.3, -0.25) is 0 Å². The van der Waals surface area contributed by atoms with Gasteiger partial charge in [0.15, 0.2) is 28.8 Å². The summed E-state index contributed by atoms with van der Waals surface area (Å²) in [6.07, 6.45) is 15.0. The van der Waals surface area contributed by atoms with Crippen molar-refractivity contribution < 1.29 is 0 Å². The first-order valence-electron chi connectivity index (χ1n) is 21.4. The van der Waals surface area contributed by atoms with Crippen molar-refractivity contribution in [2.45, 2.75) is 12.3 Å². The van der Waals surface area contributed by atoms with Crippen LogP contribution in [0.25, 0.3) is 99.2 Å². The molecule has 0 spiro atoms. The Morgan fingerprint density at radius 2 is 1.11 bits per heavy atom. The van der Waals surface area contributed by atoms with E-state index in [1.165, 1.54) is 0 Å². The van der Waals surface area contributed by atoms with Gasteiger partial charge >= 0.3 is 0 Å². The van der Waals surface area contributed by atoms with Gasteiger partial charge in [0, 0.05) is 28.2 Å². The van der Waals surface area contributed by atoms with E-state index in [9.17, 15) is 0 Å². The molecule has 10 rings (SSSR count). The molecule has 306 valence electrons. The lowest BCUT2D eigenvalue weighted by atomic mass is 9.86. The van der Waals surface area contributed by atoms with E-state index in [-0.39, 0.29) is 5.92 Å². The van der Waals surface area contributed by atoms with Gasteiger partial charge in [0.05, 0.1) is 29.9 Å². The second kappa shape index (κ2) is 17.4.